The second-order valence-electron chi connectivity index (χ2n) is 23.4. The van der Waals surface area contributed by atoms with E-state index in [4.69, 9.17) is 9.47 Å². The fourth-order valence-corrected chi connectivity index (χ4v) is 6.49. The lowest BCUT2D eigenvalue weighted by Crippen LogP contribution is -2.84. The number of ether oxygens (including phenoxy) is 8. The van der Waals surface area contributed by atoms with Gasteiger partial charge in [0, 0.05) is 12.8 Å². The molecule has 0 aliphatic heterocycles. The van der Waals surface area contributed by atoms with Crippen LogP contribution in [0.4, 0.5) is 114 Å². The SMILES string of the molecule is CCC(C)(C)C(=O)OCCC(=O)OCC1(F)C(F)(F)C(F)(F)C(F)(F)C(F)(F)C1(F)F.CCC(C)(C)C(=O)OCCC(=O)OCCC(C)(F)F.CCC(C)C(=O)OCCC(=O)OCC1(F)C(F)(F)C(F)(F)C(F)(F)C(F)(F)C1(F)F.CCC(C)C(=O)OCCC(=O)OCCC(C)(F)F. The van der Waals surface area contributed by atoms with Crippen molar-refractivity contribution in [3.8, 4) is 0 Å². The van der Waals surface area contributed by atoms with Crippen molar-refractivity contribution in [2.24, 2.45) is 22.7 Å². The number of esters is 8. The Morgan fingerprint density at radius 3 is 0.714 bits per heavy atom. The molecule has 2 unspecified atom stereocenters. The highest BCUT2D eigenvalue weighted by Gasteiger charge is 3.02. The molecule has 2 aliphatic carbocycles. The van der Waals surface area contributed by atoms with E-state index in [1.807, 2.05) is 13.8 Å². The molecule has 0 aromatic rings. The van der Waals surface area contributed by atoms with E-state index in [0.29, 0.717) is 19.3 Å². The highest BCUT2D eigenvalue weighted by atomic mass is 19.4. The maximum atomic E-state index is 14.3. The molecule has 2 atom stereocenters. The highest BCUT2D eigenvalue weighted by Crippen LogP contribution is 2.71. The van der Waals surface area contributed by atoms with Gasteiger partial charge in [-0.15, -0.1) is 0 Å². The van der Waals surface area contributed by atoms with Gasteiger partial charge in [-0.1, -0.05) is 41.5 Å². The first kappa shape index (κ1) is 94.0. The van der Waals surface area contributed by atoms with Crippen LogP contribution < -0.4 is 0 Å². The van der Waals surface area contributed by atoms with Crippen molar-refractivity contribution in [3.05, 3.63) is 0 Å². The maximum Gasteiger partial charge on any atom is 0.384 e. The zero-order valence-electron chi connectivity index (χ0n) is 54.2. The second-order valence-corrected chi connectivity index (χ2v) is 23.4. The first-order valence-electron chi connectivity index (χ1n) is 28.9. The van der Waals surface area contributed by atoms with Crippen molar-refractivity contribution in [2.75, 3.05) is 52.9 Å². The summed E-state index contributed by atoms with van der Waals surface area (Å²) in [4.78, 5) is 90.7. The van der Waals surface area contributed by atoms with Crippen LogP contribution >= 0.6 is 0 Å². The van der Waals surface area contributed by atoms with Crippen LogP contribution in [0.1, 0.15) is 147 Å². The minimum atomic E-state index is -7.34. The average molecular weight is 1500 g/mol. The first-order valence-corrected chi connectivity index (χ1v) is 28.9. The zero-order valence-corrected chi connectivity index (χ0v) is 54.2. The zero-order chi connectivity index (χ0) is 78.2. The van der Waals surface area contributed by atoms with Crippen molar-refractivity contribution in [1.82, 2.24) is 0 Å². The summed E-state index contributed by atoms with van der Waals surface area (Å²) in [6.07, 6.45) is -1.56. The first-order chi connectivity index (χ1) is 43.7. The van der Waals surface area contributed by atoms with Gasteiger partial charge in [-0.2, -0.15) is 87.8 Å². The number of alkyl halides is 26. The summed E-state index contributed by atoms with van der Waals surface area (Å²) < 4.78 is 381. The van der Waals surface area contributed by atoms with Crippen LogP contribution in [0, 0.1) is 22.7 Å². The Morgan fingerprint density at radius 1 is 0.306 bits per heavy atom. The predicted octanol–water partition coefficient (Wildman–Crippen LogP) is 14.7. The second kappa shape index (κ2) is 34.5. The fourth-order valence-electron chi connectivity index (χ4n) is 6.49. The van der Waals surface area contributed by atoms with Gasteiger partial charge in [0.1, 0.15) is 39.6 Å². The molecule has 2 saturated carbocycles. The molecule has 0 saturated heterocycles. The van der Waals surface area contributed by atoms with Crippen LogP contribution in [-0.4, -0.2) is 183 Å². The summed E-state index contributed by atoms with van der Waals surface area (Å²) in [5, 5.41) is 0. The highest BCUT2D eigenvalue weighted by molar-refractivity contribution is 5.77. The summed E-state index contributed by atoms with van der Waals surface area (Å²) in [7, 11) is 0. The summed E-state index contributed by atoms with van der Waals surface area (Å²) in [6, 6.07) is 0. The molecular formula is C56H74F26O16. The number of carbonyl (C=O) groups excluding carboxylic acids is 8. The van der Waals surface area contributed by atoms with Gasteiger partial charge in [-0.25, -0.2) is 26.3 Å². The fraction of sp³-hybridized carbons (Fsp3) is 0.857. The molecule has 2 aliphatic rings. The van der Waals surface area contributed by atoms with Crippen LogP contribution in [-0.2, 0) is 76.3 Å². The minimum absolute atomic E-state index is 0.0788. The summed E-state index contributed by atoms with van der Waals surface area (Å²) in [5.74, 6) is -86.1. The Bertz CT molecular complexity index is 2600. The molecular weight excluding hydrogens is 1420 g/mol. The number of carbonyl (C=O) groups is 8. The van der Waals surface area contributed by atoms with E-state index < -0.39 is 187 Å². The maximum absolute atomic E-state index is 14.3. The molecule has 0 bridgehead atoms. The van der Waals surface area contributed by atoms with Crippen molar-refractivity contribution in [2.45, 2.75) is 230 Å². The van der Waals surface area contributed by atoms with Gasteiger partial charge in [0.05, 0.1) is 61.6 Å². The van der Waals surface area contributed by atoms with E-state index in [0.717, 1.165) is 13.8 Å². The van der Waals surface area contributed by atoms with E-state index in [9.17, 15) is 153 Å². The molecule has 0 N–H and O–H groups in total. The van der Waals surface area contributed by atoms with Crippen molar-refractivity contribution >= 4 is 47.8 Å². The van der Waals surface area contributed by atoms with Gasteiger partial charge in [0.15, 0.2) is 0 Å². The Kier molecular flexibility index (Phi) is 33.1. The predicted molar refractivity (Wildman–Crippen MR) is 281 cm³/mol. The Labute approximate surface area is 542 Å². The van der Waals surface area contributed by atoms with E-state index in [1.165, 1.54) is 20.8 Å². The summed E-state index contributed by atoms with van der Waals surface area (Å²) >= 11 is 0. The lowest BCUT2D eigenvalue weighted by Gasteiger charge is -2.52. The van der Waals surface area contributed by atoms with Crippen LogP contribution in [0.15, 0.2) is 0 Å². The molecule has 42 heteroatoms. The third kappa shape index (κ3) is 21.5. The summed E-state index contributed by atoms with van der Waals surface area (Å²) in [6.45, 7) is 9.17. The average Bonchev–Trinajstić information content (AvgIpc) is 0.674. The minimum Gasteiger partial charge on any atom is -0.465 e. The summed E-state index contributed by atoms with van der Waals surface area (Å²) in [5.41, 5.74) is -14.4. The van der Waals surface area contributed by atoms with Gasteiger partial charge in [-0.3, -0.25) is 38.4 Å². The molecule has 2 fully saturated rings. The van der Waals surface area contributed by atoms with Crippen LogP contribution in [0.25, 0.3) is 0 Å². The van der Waals surface area contributed by atoms with Crippen molar-refractivity contribution < 1.29 is 190 Å². The van der Waals surface area contributed by atoms with Gasteiger partial charge in [0.2, 0.25) is 11.8 Å². The van der Waals surface area contributed by atoms with E-state index >= 15 is 0 Å². The quantitative estimate of drug-likeness (QED) is 0.0372. The van der Waals surface area contributed by atoms with Gasteiger partial charge < -0.3 is 37.9 Å². The van der Waals surface area contributed by atoms with Crippen LogP contribution in [0.2, 0.25) is 0 Å². The number of halogens is 26. The topological polar surface area (TPSA) is 210 Å². The van der Waals surface area contributed by atoms with Crippen molar-refractivity contribution in [1.29, 1.82) is 0 Å². The van der Waals surface area contributed by atoms with Crippen LogP contribution in [0.5, 0.6) is 0 Å². The largest absolute Gasteiger partial charge is 0.465 e. The van der Waals surface area contributed by atoms with Crippen LogP contribution in [0.3, 0.4) is 0 Å². The van der Waals surface area contributed by atoms with Gasteiger partial charge in [0.25, 0.3) is 11.3 Å². The standard InChI is InChI=1S/C16H17F11O4.C15H15F11O4.C13H22F2O4.C12H20F2O4/c1-4-10(2,3)9(29)30-6-5-8(28)31-7-11(17)12(18,19)14(22,23)16(26,27)15(24,25)13(11,20)21;1-3-7(2)9(28)29-5-4-8(27)30-6-10(16)11(17,18)13(21,22)15(25,26)14(23,24)12(10,19)20;1-5-12(2,3)11(17)19-8-6-10(16)18-9-7-13(4,14)15;1-4-9(2)11(16)18-7-5-10(15)17-8-6-12(3,13)14/h4-7H2,1-3H3;7H,3-6H2,1-2H3;5-9H2,1-4H3;9H,4-8H2,1-3H3. The molecule has 0 radical (unpaired) electrons. The lowest BCUT2D eigenvalue weighted by atomic mass is 9.72. The smallest absolute Gasteiger partial charge is 0.384 e. The Hall–Kier alpha value is -6.06. The molecule has 0 amide bonds. The van der Waals surface area contributed by atoms with Gasteiger partial charge in [-0.05, 0) is 67.2 Å². The monoisotopic (exact) mass is 1500 g/mol. The molecule has 576 valence electrons. The van der Waals surface area contributed by atoms with E-state index in [1.54, 1.807) is 34.6 Å². The molecule has 0 aromatic heterocycles. The third-order valence-corrected chi connectivity index (χ3v) is 14.7. The van der Waals surface area contributed by atoms with E-state index in [2.05, 4.69) is 28.4 Å². The Balaban J connectivity index is 0. The molecule has 2 rings (SSSR count). The third-order valence-electron chi connectivity index (χ3n) is 14.7. The lowest BCUT2D eigenvalue weighted by molar-refractivity contribution is -0.487. The Morgan fingerprint density at radius 2 is 0.510 bits per heavy atom. The molecule has 0 aromatic carbocycles. The van der Waals surface area contributed by atoms with E-state index in [-0.39, 0.29) is 63.5 Å². The normalized spacial score (nSPS) is 20.5. The number of rotatable bonds is 30. The molecule has 16 nitrogen and oxygen atoms in total. The number of hydrogen-bond acceptors (Lipinski definition) is 16. The molecule has 0 heterocycles. The molecule has 98 heavy (non-hydrogen) atoms. The van der Waals surface area contributed by atoms with Crippen molar-refractivity contribution in [3.63, 3.8) is 0 Å². The van der Waals surface area contributed by atoms with Gasteiger partial charge >= 0.3 is 107 Å². The molecule has 0 spiro atoms. The number of hydrogen-bond donors (Lipinski definition) is 0.